The maximum Gasteiger partial charge on any atom is 0.418 e. The fraction of sp³-hybridized carbons (Fsp3) is 0.500. The van der Waals surface area contributed by atoms with Crippen LogP contribution in [0.1, 0.15) is 30.4 Å². The molecule has 1 heterocycles. The highest BCUT2D eigenvalue weighted by molar-refractivity contribution is 5.90. The number of urea groups is 1. The van der Waals surface area contributed by atoms with Crippen molar-refractivity contribution in [1.29, 1.82) is 0 Å². The molecule has 0 saturated carbocycles. The van der Waals surface area contributed by atoms with E-state index in [1.807, 2.05) is 0 Å². The molecule has 0 unspecified atom stereocenters. The van der Waals surface area contributed by atoms with Crippen molar-refractivity contribution in [3.05, 3.63) is 29.3 Å². The van der Waals surface area contributed by atoms with Gasteiger partial charge in [-0.05, 0) is 37.0 Å². The minimum absolute atomic E-state index is 0.0173. The van der Waals surface area contributed by atoms with E-state index in [1.165, 1.54) is 12.1 Å². The Balaban J connectivity index is 2.20. The molecule has 4 nitrogen and oxygen atoms in total. The number of alkyl halides is 3. The Hall–Kier alpha value is -1.76. The van der Waals surface area contributed by atoms with E-state index in [4.69, 9.17) is 5.73 Å². The van der Waals surface area contributed by atoms with Gasteiger partial charge in [0.2, 0.25) is 0 Å². The van der Waals surface area contributed by atoms with Crippen LogP contribution in [0.5, 0.6) is 0 Å². The van der Waals surface area contributed by atoms with Crippen LogP contribution in [0.25, 0.3) is 0 Å². The highest BCUT2D eigenvalue weighted by Gasteiger charge is 2.34. The summed E-state index contributed by atoms with van der Waals surface area (Å²) in [5, 5.41) is 2.36. The van der Waals surface area contributed by atoms with Crippen LogP contribution in [0.2, 0.25) is 0 Å². The molecule has 0 spiro atoms. The minimum Gasteiger partial charge on any atom is -0.326 e. The fourth-order valence-corrected chi connectivity index (χ4v) is 2.35. The molecular weight excluding hydrogens is 283 g/mol. The molecule has 2 amide bonds. The molecule has 0 radical (unpaired) electrons. The summed E-state index contributed by atoms with van der Waals surface area (Å²) in [6.07, 6.45) is -1.73. The van der Waals surface area contributed by atoms with E-state index >= 15 is 0 Å². The number of carbonyl (C=O) groups excluding carboxylic acids is 1. The van der Waals surface area contributed by atoms with Gasteiger partial charge in [-0.3, -0.25) is 0 Å². The van der Waals surface area contributed by atoms with Crippen molar-refractivity contribution in [3.63, 3.8) is 0 Å². The molecule has 3 N–H and O–H groups in total. The zero-order valence-electron chi connectivity index (χ0n) is 11.5. The van der Waals surface area contributed by atoms with Crippen LogP contribution in [-0.4, -0.2) is 24.0 Å². The molecule has 0 bridgehead atoms. The number of anilines is 1. The Labute approximate surface area is 121 Å². The summed E-state index contributed by atoms with van der Waals surface area (Å²) in [6, 6.07) is 3.24. The molecule has 2 rings (SSSR count). The SMILES string of the molecule is NCc1ccc(NC(=O)N2CCCCC2)c(C(F)(F)F)c1. The molecule has 1 fully saturated rings. The highest BCUT2D eigenvalue weighted by Crippen LogP contribution is 2.35. The van der Waals surface area contributed by atoms with Gasteiger partial charge in [-0.1, -0.05) is 6.07 Å². The molecule has 0 aliphatic carbocycles. The number of benzene rings is 1. The number of carbonyl (C=O) groups is 1. The molecule has 0 atom stereocenters. The first-order valence-electron chi connectivity index (χ1n) is 6.88. The van der Waals surface area contributed by atoms with Gasteiger partial charge in [0.05, 0.1) is 11.3 Å². The van der Waals surface area contributed by atoms with Crippen LogP contribution in [0.15, 0.2) is 18.2 Å². The second-order valence-electron chi connectivity index (χ2n) is 5.06. The molecule has 7 heteroatoms. The van der Waals surface area contributed by atoms with Crippen molar-refractivity contribution < 1.29 is 18.0 Å². The van der Waals surface area contributed by atoms with Gasteiger partial charge in [0.25, 0.3) is 0 Å². The number of halogens is 3. The summed E-state index contributed by atoms with van der Waals surface area (Å²) < 4.78 is 39.2. The number of nitrogens with one attached hydrogen (secondary N) is 1. The van der Waals surface area contributed by atoms with Crippen molar-refractivity contribution in [2.45, 2.75) is 32.0 Å². The number of likely N-dealkylation sites (tertiary alicyclic amines) is 1. The lowest BCUT2D eigenvalue weighted by Gasteiger charge is -2.27. The van der Waals surface area contributed by atoms with Gasteiger partial charge in [0.15, 0.2) is 0 Å². The number of rotatable bonds is 2. The molecule has 0 aromatic heterocycles. The first-order valence-corrected chi connectivity index (χ1v) is 6.88. The predicted octanol–water partition coefficient (Wildman–Crippen LogP) is 3.18. The zero-order valence-corrected chi connectivity index (χ0v) is 11.5. The normalized spacial score (nSPS) is 15.9. The van der Waals surface area contributed by atoms with Crippen LogP contribution >= 0.6 is 0 Å². The van der Waals surface area contributed by atoms with Crippen LogP contribution in [0, 0.1) is 0 Å². The molecule has 1 aliphatic heterocycles. The third-order valence-electron chi connectivity index (χ3n) is 3.51. The first-order chi connectivity index (χ1) is 9.91. The van der Waals surface area contributed by atoms with Gasteiger partial charge in [-0.2, -0.15) is 13.2 Å². The number of nitrogens with two attached hydrogens (primary N) is 1. The van der Waals surface area contributed by atoms with Gasteiger partial charge in [-0.25, -0.2) is 4.79 Å². The lowest BCUT2D eigenvalue weighted by molar-refractivity contribution is -0.137. The molecule has 1 saturated heterocycles. The number of hydrogen-bond acceptors (Lipinski definition) is 2. The van der Waals surface area contributed by atoms with Crippen molar-refractivity contribution in [3.8, 4) is 0 Å². The Morgan fingerprint density at radius 3 is 2.48 bits per heavy atom. The monoisotopic (exact) mass is 301 g/mol. The van der Waals surface area contributed by atoms with Gasteiger partial charge >= 0.3 is 12.2 Å². The summed E-state index contributed by atoms with van der Waals surface area (Å²) in [7, 11) is 0. The fourth-order valence-electron chi connectivity index (χ4n) is 2.35. The Morgan fingerprint density at radius 1 is 1.24 bits per heavy atom. The third-order valence-corrected chi connectivity index (χ3v) is 3.51. The average Bonchev–Trinajstić information content (AvgIpc) is 2.47. The highest BCUT2D eigenvalue weighted by atomic mass is 19.4. The summed E-state index contributed by atoms with van der Waals surface area (Å²) in [5.74, 6) is 0. The lowest BCUT2D eigenvalue weighted by atomic mass is 10.1. The summed E-state index contributed by atoms with van der Waals surface area (Å²) in [5.41, 5.74) is 4.65. The summed E-state index contributed by atoms with van der Waals surface area (Å²) in [6.45, 7) is 1.17. The van der Waals surface area contributed by atoms with E-state index in [0.717, 1.165) is 25.3 Å². The van der Waals surface area contributed by atoms with E-state index in [1.54, 1.807) is 4.90 Å². The zero-order chi connectivity index (χ0) is 15.5. The van der Waals surface area contributed by atoms with E-state index in [0.29, 0.717) is 18.7 Å². The number of nitrogens with zero attached hydrogens (tertiary/aromatic N) is 1. The first kappa shape index (κ1) is 15.6. The summed E-state index contributed by atoms with van der Waals surface area (Å²) in [4.78, 5) is 13.6. The van der Waals surface area contributed by atoms with E-state index in [9.17, 15) is 18.0 Å². The van der Waals surface area contributed by atoms with Crippen molar-refractivity contribution in [2.24, 2.45) is 5.73 Å². The summed E-state index contributed by atoms with van der Waals surface area (Å²) >= 11 is 0. The maximum absolute atomic E-state index is 13.1. The Bertz CT molecular complexity index is 511. The topological polar surface area (TPSA) is 58.4 Å². The quantitative estimate of drug-likeness (QED) is 0.881. The van der Waals surface area contributed by atoms with Crippen LogP contribution in [-0.2, 0) is 12.7 Å². The van der Waals surface area contributed by atoms with Gasteiger partial charge in [0.1, 0.15) is 0 Å². The standard InChI is InChI=1S/C14H18F3N3O/c15-14(16,17)11-8-10(9-18)4-5-12(11)19-13(21)20-6-2-1-3-7-20/h4-5,8H,1-3,6-7,9,18H2,(H,19,21). The van der Waals surface area contributed by atoms with Gasteiger partial charge in [0, 0.05) is 19.6 Å². The van der Waals surface area contributed by atoms with E-state index in [2.05, 4.69) is 5.32 Å². The lowest BCUT2D eigenvalue weighted by Crippen LogP contribution is -2.39. The van der Waals surface area contributed by atoms with E-state index < -0.39 is 17.8 Å². The van der Waals surface area contributed by atoms with Crippen molar-refractivity contribution >= 4 is 11.7 Å². The van der Waals surface area contributed by atoms with Gasteiger partial charge < -0.3 is 16.0 Å². The smallest absolute Gasteiger partial charge is 0.326 e. The van der Waals surface area contributed by atoms with E-state index in [-0.39, 0.29) is 12.2 Å². The molecular formula is C14H18F3N3O. The number of hydrogen-bond donors (Lipinski definition) is 2. The Morgan fingerprint density at radius 2 is 1.90 bits per heavy atom. The van der Waals surface area contributed by atoms with Crippen LogP contribution < -0.4 is 11.1 Å². The van der Waals surface area contributed by atoms with Crippen molar-refractivity contribution in [1.82, 2.24) is 4.90 Å². The molecule has 116 valence electrons. The average molecular weight is 301 g/mol. The van der Waals surface area contributed by atoms with Crippen molar-refractivity contribution in [2.75, 3.05) is 18.4 Å². The van der Waals surface area contributed by atoms with Crippen LogP contribution in [0.4, 0.5) is 23.7 Å². The second kappa shape index (κ2) is 6.34. The third kappa shape index (κ3) is 3.87. The number of amides is 2. The number of piperidine rings is 1. The van der Waals surface area contributed by atoms with Crippen LogP contribution in [0.3, 0.4) is 0 Å². The predicted molar refractivity (Wildman–Crippen MR) is 73.8 cm³/mol. The molecule has 1 aromatic carbocycles. The maximum atomic E-state index is 13.1. The van der Waals surface area contributed by atoms with Gasteiger partial charge in [-0.15, -0.1) is 0 Å². The molecule has 1 aromatic rings. The molecule has 21 heavy (non-hydrogen) atoms. The largest absolute Gasteiger partial charge is 0.418 e. The second-order valence-corrected chi connectivity index (χ2v) is 5.06. The minimum atomic E-state index is -4.53. The molecule has 1 aliphatic rings. The Kier molecular flexibility index (Phi) is 4.72.